The number of hydrogen-bond donors (Lipinski definition) is 7. The number of carboxylic acid groups (broad SMARTS) is 1. The zero-order valence-electron chi connectivity index (χ0n) is 20.6. The summed E-state index contributed by atoms with van der Waals surface area (Å²) in [6, 6.07) is 0. The van der Waals surface area contributed by atoms with E-state index in [1.54, 1.807) is 0 Å². The molecule has 4 atom stereocenters. The molecule has 198 valence electrons. The van der Waals surface area contributed by atoms with Crippen molar-refractivity contribution in [3.05, 3.63) is 0 Å². The summed E-state index contributed by atoms with van der Waals surface area (Å²) in [4.78, 5) is 12.4. The Balaban J connectivity index is 4.99. The summed E-state index contributed by atoms with van der Waals surface area (Å²) < 4.78 is 0. The minimum absolute atomic E-state index is 0.00312. The lowest BCUT2D eigenvalue weighted by Crippen LogP contribution is -2.46. The van der Waals surface area contributed by atoms with E-state index in [0.29, 0.717) is 6.42 Å². The van der Waals surface area contributed by atoms with Crippen LogP contribution < -0.4 is 0 Å². The summed E-state index contributed by atoms with van der Waals surface area (Å²) in [5.41, 5.74) is -1.64. The largest absolute Gasteiger partial charge is 0.481 e. The van der Waals surface area contributed by atoms with Gasteiger partial charge in [0.15, 0.2) is 0 Å². The lowest BCUT2D eigenvalue weighted by atomic mass is 9.64. The number of unbranched alkanes of at least 4 members (excludes halogenated alkanes) is 10. The molecule has 0 rings (SSSR count). The van der Waals surface area contributed by atoms with E-state index in [-0.39, 0.29) is 19.3 Å². The van der Waals surface area contributed by atoms with Gasteiger partial charge in [-0.05, 0) is 31.6 Å². The molecule has 0 aromatic heterocycles. The lowest BCUT2D eigenvalue weighted by molar-refractivity contribution is -0.161. The maximum absolute atomic E-state index is 12.4. The quantitative estimate of drug-likeness (QED) is 0.110. The summed E-state index contributed by atoms with van der Waals surface area (Å²) in [5.74, 6) is -1.89. The highest BCUT2D eigenvalue weighted by molar-refractivity contribution is 5.75. The molecule has 0 saturated heterocycles. The number of aliphatic hydroxyl groups is 6. The minimum Gasteiger partial charge on any atom is -0.481 e. The van der Waals surface area contributed by atoms with Gasteiger partial charge in [0.05, 0.1) is 43.5 Å². The number of hydrogen-bond acceptors (Lipinski definition) is 7. The van der Waals surface area contributed by atoms with Crippen molar-refractivity contribution in [2.45, 2.75) is 122 Å². The molecule has 0 aromatic carbocycles. The molecule has 0 saturated carbocycles. The molecule has 0 spiro atoms. The number of aliphatic hydroxyl groups excluding tert-OH is 6. The maximum atomic E-state index is 12.4. The molecule has 33 heavy (non-hydrogen) atoms. The van der Waals surface area contributed by atoms with Crippen LogP contribution in [0.3, 0.4) is 0 Å². The fourth-order valence-corrected chi connectivity index (χ4v) is 4.81. The maximum Gasteiger partial charge on any atom is 0.310 e. The molecule has 0 fully saturated rings. The highest BCUT2D eigenvalue weighted by Crippen LogP contribution is 2.43. The SMILES string of the molecule is CCCCCCCCCCCCCC(CC(O)CO)C(CC(O)CO)(CC(O)CO)C(=O)O. The van der Waals surface area contributed by atoms with Gasteiger partial charge in [0.2, 0.25) is 0 Å². The highest BCUT2D eigenvalue weighted by Gasteiger charge is 2.48. The Morgan fingerprint density at radius 3 is 1.42 bits per heavy atom. The summed E-state index contributed by atoms with van der Waals surface area (Å²) in [7, 11) is 0. The third kappa shape index (κ3) is 13.6. The van der Waals surface area contributed by atoms with Crippen LogP contribution in [0.2, 0.25) is 0 Å². The second-order valence-corrected chi connectivity index (χ2v) is 9.64. The van der Waals surface area contributed by atoms with E-state index < -0.39 is 55.4 Å². The average Bonchev–Trinajstić information content (AvgIpc) is 2.80. The summed E-state index contributed by atoms with van der Waals surface area (Å²) in [6.45, 7) is 0.435. The first kappa shape index (κ1) is 32.2. The van der Waals surface area contributed by atoms with Crippen molar-refractivity contribution >= 4 is 5.97 Å². The molecule has 0 radical (unpaired) electrons. The van der Waals surface area contributed by atoms with Crippen molar-refractivity contribution < 1.29 is 40.5 Å². The molecule has 7 N–H and O–H groups in total. The number of carboxylic acids is 1. The van der Waals surface area contributed by atoms with E-state index in [4.69, 9.17) is 0 Å². The van der Waals surface area contributed by atoms with Crippen LogP contribution in [0.15, 0.2) is 0 Å². The van der Waals surface area contributed by atoms with Gasteiger partial charge in [-0.3, -0.25) is 4.79 Å². The molecular weight excluding hydrogens is 428 g/mol. The first-order valence-corrected chi connectivity index (χ1v) is 12.9. The van der Waals surface area contributed by atoms with Crippen LogP contribution in [-0.4, -0.2) is 79.8 Å². The Hall–Kier alpha value is -0.770. The van der Waals surface area contributed by atoms with E-state index in [2.05, 4.69) is 6.92 Å². The van der Waals surface area contributed by atoms with Gasteiger partial charge in [-0.15, -0.1) is 0 Å². The van der Waals surface area contributed by atoms with Gasteiger partial charge in [0, 0.05) is 0 Å². The van der Waals surface area contributed by atoms with Crippen LogP contribution >= 0.6 is 0 Å². The Morgan fingerprint density at radius 2 is 1.06 bits per heavy atom. The smallest absolute Gasteiger partial charge is 0.310 e. The van der Waals surface area contributed by atoms with Crippen molar-refractivity contribution in [3.63, 3.8) is 0 Å². The van der Waals surface area contributed by atoms with E-state index in [1.165, 1.54) is 44.9 Å². The van der Waals surface area contributed by atoms with Crippen molar-refractivity contribution in [2.75, 3.05) is 19.8 Å². The first-order valence-electron chi connectivity index (χ1n) is 12.9. The zero-order valence-corrected chi connectivity index (χ0v) is 20.6. The topological polar surface area (TPSA) is 159 Å². The van der Waals surface area contributed by atoms with Crippen LogP contribution in [0, 0.1) is 11.3 Å². The second kappa shape index (κ2) is 19.5. The number of carbonyl (C=O) groups is 1. The fraction of sp³-hybridized carbons (Fsp3) is 0.960. The Bertz CT molecular complexity index is 461. The molecule has 8 heteroatoms. The van der Waals surface area contributed by atoms with Gasteiger partial charge in [-0.1, -0.05) is 77.6 Å². The monoisotopic (exact) mass is 478 g/mol. The van der Waals surface area contributed by atoms with Crippen LogP contribution in [0.4, 0.5) is 0 Å². The lowest BCUT2D eigenvalue weighted by Gasteiger charge is -2.40. The standard InChI is InChI=1S/C25H50O8/c1-2-3-4-5-6-7-8-9-10-11-12-13-20(14-21(29)17-26)25(24(32)33,15-22(30)18-27)16-23(31)19-28/h20-23,26-31H,2-19H2,1H3,(H,32,33). The fourth-order valence-electron chi connectivity index (χ4n) is 4.81. The van der Waals surface area contributed by atoms with E-state index in [1.807, 2.05) is 0 Å². The van der Waals surface area contributed by atoms with Crippen LogP contribution in [0.5, 0.6) is 0 Å². The summed E-state index contributed by atoms with van der Waals surface area (Å²) in [5, 5.41) is 68.3. The normalized spacial score (nSPS) is 17.3. The van der Waals surface area contributed by atoms with Gasteiger partial charge in [0.1, 0.15) is 0 Å². The average molecular weight is 479 g/mol. The molecule has 0 aliphatic heterocycles. The van der Waals surface area contributed by atoms with Crippen molar-refractivity contribution in [1.29, 1.82) is 0 Å². The predicted molar refractivity (Wildman–Crippen MR) is 128 cm³/mol. The second-order valence-electron chi connectivity index (χ2n) is 9.64. The molecule has 0 heterocycles. The molecule has 0 aliphatic carbocycles. The summed E-state index contributed by atoms with van der Waals surface area (Å²) in [6.07, 6.45) is 8.68. The third-order valence-electron chi connectivity index (χ3n) is 6.75. The molecule has 8 nitrogen and oxygen atoms in total. The molecular formula is C25H50O8. The molecule has 4 unspecified atom stereocenters. The number of rotatable bonds is 23. The molecule has 0 aromatic rings. The van der Waals surface area contributed by atoms with Crippen molar-refractivity contribution in [3.8, 4) is 0 Å². The predicted octanol–water partition coefficient (Wildman–Crippen LogP) is 2.60. The van der Waals surface area contributed by atoms with Crippen LogP contribution in [0.1, 0.15) is 103 Å². The third-order valence-corrected chi connectivity index (χ3v) is 6.75. The van der Waals surface area contributed by atoms with Crippen molar-refractivity contribution in [2.24, 2.45) is 11.3 Å². The number of aliphatic carboxylic acids is 1. The van der Waals surface area contributed by atoms with E-state index in [0.717, 1.165) is 25.7 Å². The van der Waals surface area contributed by atoms with Gasteiger partial charge in [0.25, 0.3) is 0 Å². The highest BCUT2D eigenvalue weighted by atomic mass is 16.4. The summed E-state index contributed by atoms with van der Waals surface area (Å²) >= 11 is 0. The van der Waals surface area contributed by atoms with Gasteiger partial charge >= 0.3 is 5.97 Å². The first-order chi connectivity index (χ1) is 15.8. The molecule has 0 amide bonds. The van der Waals surface area contributed by atoms with Crippen LogP contribution in [0.25, 0.3) is 0 Å². The Kier molecular flexibility index (Phi) is 19.1. The van der Waals surface area contributed by atoms with E-state index in [9.17, 15) is 40.5 Å². The van der Waals surface area contributed by atoms with E-state index >= 15 is 0 Å². The minimum atomic E-state index is -1.64. The zero-order chi connectivity index (χ0) is 25.1. The molecule has 0 bridgehead atoms. The van der Waals surface area contributed by atoms with Gasteiger partial charge < -0.3 is 35.7 Å². The Labute approximate surface area is 199 Å². The van der Waals surface area contributed by atoms with Crippen LogP contribution in [-0.2, 0) is 4.79 Å². The van der Waals surface area contributed by atoms with Gasteiger partial charge in [-0.25, -0.2) is 0 Å². The van der Waals surface area contributed by atoms with Crippen molar-refractivity contribution in [1.82, 2.24) is 0 Å². The van der Waals surface area contributed by atoms with Gasteiger partial charge in [-0.2, -0.15) is 0 Å². The molecule has 0 aliphatic rings. The Morgan fingerprint density at radius 1 is 0.667 bits per heavy atom.